The number of anilines is 1. The number of ether oxygens (including phenoxy) is 2. The summed E-state index contributed by atoms with van der Waals surface area (Å²) in [5.41, 5.74) is 1.35. The quantitative estimate of drug-likeness (QED) is 0.722. The van der Waals surface area contributed by atoms with Crippen molar-refractivity contribution >= 4 is 33.2 Å². The summed E-state index contributed by atoms with van der Waals surface area (Å²) in [6.07, 6.45) is 1.20. The van der Waals surface area contributed by atoms with E-state index in [2.05, 4.69) is 5.32 Å². The fraction of sp³-hybridized carbons (Fsp3) is 0.381. The molecule has 0 aromatic heterocycles. The number of nitrogens with one attached hydrogen (secondary N) is 1. The molecule has 3 rings (SSSR count). The van der Waals surface area contributed by atoms with Gasteiger partial charge in [-0.05, 0) is 55.7 Å². The van der Waals surface area contributed by atoms with Crippen LogP contribution >= 0.6 is 11.6 Å². The van der Waals surface area contributed by atoms with Crippen molar-refractivity contribution in [3.8, 4) is 11.5 Å². The molecule has 9 heteroatoms. The van der Waals surface area contributed by atoms with Crippen molar-refractivity contribution < 1.29 is 22.7 Å². The van der Waals surface area contributed by atoms with Crippen LogP contribution in [0.2, 0.25) is 5.02 Å². The van der Waals surface area contributed by atoms with E-state index in [4.69, 9.17) is 21.1 Å². The summed E-state index contributed by atoms with van der Waals surface area (Å²) in [5.74, 6) is 0.0919. The topological polar surface area (TPSA) is 84.9 Å². The number of benzene rings is 2. The molecule has 0 aliphatic carbocycles. The zero-order chi connectivity index (χ0) is 21.9. The summed E-state index contributed by atoms with van der Waals surface area (Å²) in [4.78, 5) is 12.9. The lowest BCUT2D eigenvalue weighted by molar-refractivity contribution is -0.120. The molecular weight excluding hydrogens is 428 g/mol. The van der Waals surface area contributed by atoms with E-state index >= 15 is 0 Å². The van der Waals surface area contributed by atoms with Gasteiger partial charge in [0.05, 0.1) is 25.2 Å². The van der Waals surface area contributed by atoms with Crippen molar-refractivity contribution in [2.45, 2.75) is 24.7 Å². The van der Waals surface area contributed by atoms with Gasteiger partial charge in [0.15, 0.2) is 0 Å². The maximum absolute atomic E-state index is 13.2. The Hall–Kier alpha value is -2.29. The number of hydrogen-bond acceptors (Lipinski definition) is 5. The number of hydrogen-bond donors (Lipinski definition) is 1. The van der Waals surface area contributed by atoms with Gasteiger partial charge in [-0.2, -0.15) is 4.31 Å². The van der Waals surface area contributed by atoms with Gasteiger partial charge in [-0.25, -0.2) is 8.42 Å². The van der Waals surface area contributed by atoms with Gasteiger partial charge in [0.1, 0.15) is 16.4 Å². The number of methoxy groups -OCH3 is 2. The van der Waals surface area contributed by atoms with Crippen LogP contribution < -0.4 is 14.8 Å². The molecule has 162 valence electrons. The number of aryl methyl sites for hydroxylation is 1. The average Bonchev–Trinajstić information content (AvgIpc) is 2.74. The Morgan fingerprint density at radius 2 is 1.83 bits per heavy atom. The lowest BCUT2D eigenvalue weighted by Gasteiger charge is -2.31. The first-order chi connectivity index (χ1) is 14.3. The maximum atomic E-state index is 13.2. The van der Waals surface area contributed by atoms with E-state index in [9.17, 15) is 13.2 Å². The first-order valence-electron chi connectivity index (χ1n) is 9.55. The predicted octanol–water partition coefficient (Wildman–Crippen LogP) is 3.71. The highest BCUT2D eigenvalue weighted by molar-refractivity contribution is 7.89. The number of rotatable bonds is 6. The van der Waals surface area contributed by atoms with Crippen molar-refractivity contribution in [3.05, 3.63) is 47.0 Å². The number of halogens is 1. The molecule has 0 saturated carbocycles. The Balaban J connectivity index is 1.77. The average molecular weight is 453 g/mol. The smallest absolute Gasteiger partial charge is 0.246 e. The minimum Gasteiger partial charge on any atom is -0.495 e. The second kappa shape index (κ2) is 9.24. The highest BCUT2D eigenvalue weighted by Crippen LogP contribution is 2.31. The lowest BCUT2D eigenvalue weighted by Crippen LogP contribution is -2.43. The molecule has 2 aromatic rings. The zero-order valence-corrected chi connectivity index (χ0v) is 18.7. The van der Waals surface area contributed by atoms with Gasteiger partial charge < -0.3 is 14.8 Å². The number of piperidine rings is 1. The van der Waals surface area contributed by atoms with Gasteiger partial charge in [-0.1, -0.05) is 17.7 Å². The second-order valence-electron chi connectivity index (χ2n) is 7.20. The summed E-state index contributed by atoms with van der Waals surface area (Å²) in [6, 6.07) is 10.00. The van der Waals surface area contributed by atoms with Gasteiger partial charge in [0, 0.05) is 18.8 Å². The molecule has 1 saturated heterocycles. The molecule has 0 bridgehead atoms. The molecule has 1 aliphatic rings. The van der Waals surface area contributed by atoms with Crippen LogP contribution in [0, 0.1) is 12.8 Å². The predicted molar refractivity (Wildman–Crippen MR) is 116 cm³/mol. The third-order valence-corrected chi connectivity index (χ3v) is 7.29. The third kappa shape index (κ3) is 4.71. The van der Waals surface area contributed by atoms with Crippen molar-refractivity contribution in [3.63, 3.8) is 0 Å². The van der Waals surface area contributed by atoms with Gasteiger partial charge in [0.25, 0.3) is 0 Å². The van der Waals surface area contributed by atoms with Gasteiger partial charge >= 0.3 is 0 Å². The monoisotopic (exact) mass is 452 g/mol. The van der Waals surface area contributed by atoms with E-state index < -0.39 is 15.9 Å². The molecule has 7 nitrogen and oxygen atoms in total. The third-order valence-electron chi connectivity index (χ3n) is 5.11. The van der Waals surface area contributed by atoms with E-state index in [-0.39, 0.29) is 17.3 Å². The van der Waals surface area contributed by atoms with Crippen LogP contribution in [0.1, 0.15) is 18.4 Å². The molecule has 0 unspecified atom stereocenters. The highest BCUT2D eigenvalue weighted by atomic mass is 35.5. The zero-order valence-electron chi connectivity index (χ0n) is 17.1. The molecule has 1 heterocycles. The SMILES string of the molecule is COc1ccc(NC(=O)[C@@H]2CCCN(S(=O)(=O)c3cc(C)ccc3OC)C2)cc1Cl. The van der Waals surface area contributed by atoms with Crippen LogP contribution in [0.25, 0.3) is 0 Å². The molecule has 2 aromatic carbocycles. The normalized spacial score (nSPS) is 17.4. The maximum Gasteiger partial charge on any atom is 0.246 e. The lowest BCUT2D eigenvalue weighted by atomic mass is 9.98. The number of carbonyl (C=O) groups is 1. The first kappa shape index (κ1) is 22.4. The van der Waals surface area contributed by atoms with E-state index in [0.29, 0.717) is 41.6 Å². The molecular formula is C21H25ClN2O5S. The Morgan fingerprint density at radius 1 is 1.13 bits per heavy atom. The first-order valence-corrected chi connectivity index (χ1v) is 11.4. The van der Waals surface area contributed by atoms with Crippen LogP contribution in [0.3, 0.4) is 0 Å². The van der Waals surface area contributed by atoms with Gasteiger partial charge in [-0.15, -0.1) is 0 Å². The Bertz CT molecular complexity index is 1040. The van der Waals surface area contributed by atoms with E-state index in [1.807, 2.05) is 6.92 Å². The largest absolute Gasteiger partial charge is 0.495 e. The fourth-order valence-corrected chi connectivity index (χ4v) is 5.51. The van der Waals surface area contributed by atoms with Crippen LogP contribution in [0.5, 0.6) is 11.5 Å². The minimum absolute atomic E-state index is 0.106. The standard InChI is InChI=1S/C21H25ClN2O5S/c1-14-6-8-19(29-3)20(11-14)30(26,27)24-10-4-5-15(13-24)21(25)23-16-7-9-18(28-2)17(22)12-16/h6-9,11-12,15H,4-5,10,13H2,1-3H3,(H,23,25)/t15-/m1/s1. The van der Waals surface area contributed by atoms with Crippen LogP contribution in [-0.4, -0.2) is 45.9 Å². The number of amides is 1. The van der Waals surface area contributed by atoms with Crippen molar-refractivity contribution in [1.82, 2.24) is 4.31 Å². The molecule has 0 radical (unpaired) electrons. The van der Waals surface area contributed by atoms with Crippen molar-refractivity contribution in [1.29, 1.82) is 0 Å². The summed E-state index contributed by atoms with van der Waals surface area (Å²) < 4.78 is 38.2. The van der Waals surface area contributed by atoms with E-state index in [0.717, 1.165) is 5.56 Å². The van der Waals surface area contributed by atoms with Crippen molar-refractivity contribution in [2.24, 2.45) is 5.92 Å². The summed E-state index contributed by atoms with van der Waals surface area (Å²) >= 11 is 6.12. The number of nitrogens with zero attached hydrogens (tertiary/aromatic N) is 1. The van der Waals surface area contributed by atoms with Gasteiger partial charge in [-0.3, -0.25) is 4.79 Å². The van der Waals surface area contributed by atoms with Gasteiger partial charge in [0.2, 0.25) is 15.9 Å². The highest BCUT2D eigenvalue weighted by Gasteiger charge is 2.35. The molecule has 1 N–H and O–H groups in total. The van der Waals surface area contributed by atoms with Crippen LogP contribution in [0.15, 0.2) is 41.3 Å². The molecule has 1 amide bonds. The molecule has 1 aliphatic heterocycles. The summed E-state index contributed by atoms with van der Waals surface area (Å²) in [7, 11) is -0.837. The van der Waals surface area contributed by atoms with E-state index in [1.165, 1.54) is 18.5 Å². The Morgan fingerprint density at radius 3 is 2.50 bits per heavy atom. The molecule has 1 atom stereocenters. The molecule has 0 spiro atoms. The number of carbonyl (C=O) groups excluding carboxylic acids is 1. The Kier molecular flexibility index (Phi) is 6.90. The molecule has 30 heavy (non-hydrogen) atoms. The Labute approximate surface area is 182 Å². The van der Waals surface area contributed by atoms with Crippen LogP contribution in [-0.2, 0) is 14.8 Å². The van der Waals surface area contributed by atoms with Crippen LogP contribution in [0.4, 0.5) is 5.69 Å². The van der Waals surface area contributed by atoms with Crippen molar-refractivity contribution in [2.75, 3.05) is 32.6 Å². The summed E-state index contributed by atoms with van der Waals surface area (Å²) in [5, 5.41) is 3.21. The van der Waals surface area contributed by atoms with E-state index in [1.54, 1.807) is 36.4 Å². The fourth-order valence-electron chi connectivity index (χ4n) is 3.49. The molecule has 1 fully saturated rings. The number of sulfonamides is 1. The minimum atomic E-state index is -3.79. The second-order valence-corrected chi connectivity index (χ2v) is 9.51. The summed E-state index contributed by atoms with van der Waals surface area (Å²) in [6.45, 7) is 2.29.